The molecule has 1 aliphatic carbocycles. The lowest BCUT2D eigenvalue weighted by Gasteiger charge is -2.15. The van der Waals surface area contributed by atoms with Crippen molar-refractivity contribution in [3.8, 4) is 34.2 Å². The summed E-state index contributed by atoms with van der Waals surface area (Å²) < 4.78 is 22.7. The Labute approximate surface area is 182 Å². The number of nitriles is 1. The molecule has 2 aromatic heterocycles. The Morgan fingerprint density at radius 3 is 2.77 bits per heavy atom. The number of nitrogens with two attached hydrogens (primary N) is 1. The number of aryl methyl sites for hydroxylation is 1. The second-order valence-corrected chi connectivity index (χ2v) is 7.93. The van der Waals surface area contributed by atoms with Crippen LogP contribution in [0.25, 0.3) is 33.3 Å². The van der Waals surface area contributed by atoms with E-state index in [2.05, 4.69) is 16.2 Å². The zero-order chi connectivity index (χ0) is 21.7. The fourth-order valence-electron chi connectivity index (χ4n) is 3.64. The summed E-state index contributed by atoms with van der Waals surface area (Å²) >= 11 is 6.20. The maximum absolute atomic E-state index is 15.3. The summed E-state index contributed by atoms with van der Waals surface area (Å²) in [5.74, 6) is 0.00597. The molecule has 2 N–H and O–H groups in total. The predicted octanol–water partition coefficient (Wildman–Crippen LogP) is 5.09. The van der Waals surface area contributed by atoms with Gasteiger partial charge in [-0.2, -0.15) is 10.4 Å². The number of hydrogen-bond donors (Lipinski definition) is 1. The summed E-state index contributed by atoms with van der Waals surface area (Å²) in [6.07, 6.45) is 3.47. The number of nitrogen functional groups attached to an aromatic ring is 1. The van der Waals surface area contributed by atoms with Crippen LogP contribution >= 0.6 is 11.6 Å². The van der Waals surface area contributed by atoms with Gasteiger partial charge in [-0.25, -0.2) is 9.37 Å². The molecule has 0 saturated heterocycles. The first kappa shape index (κ1) is 19.3. The van der Waals surface area contributed by atoms with Crippen LogP contribution in [0, 0.1) is 17.1 Å². The van der Waals surface area contributed by atoms with E-state index in [1.165, 1.54) is 10.7 Å². The number of nitrogens with zero attached hydrogens (tertiary/aromatic N) is 4. The van der Waals surface area contributed by atoms with Gasteiger partial charge >= 0.3 is 0 Å². The molecule has 1 fully saturated rings. The fraction of sp³-hybridized carbons (Fsp3) is 0.174. The molecule has 2 aromatic carbocycles. The maximum atomic E-state index is 15.3. The lowest BCUT2D eigenvalue weighted by atomic mass is 9.96. The number of hydrogen-bond acceptors (Lipinski definition) is 5. The molecule has 4 aromatic rings. The second-order valence-electron chi connectivity index (χ2n) is 7.52. The normalized spacial score (nSPS) is 13.4. The topological polar surface area (TPSA) is 89.8 Å². The lowest BCUT2D eigenvalue weighted by molar-refractivity contribution is 0.302. The van der Waals surface area contributed by atoms with Crippen LogP contribution in [-0.2, 0) is 7.05 Å². The number of pyridine rings is 1. The van der Waals surface area contributed by atoms with E-state index in [0.717, 1.165) is 23.8 Å². The molecule has 1 saturated carbocycles. The Morgan fingerprint density at radius 2 is 2.03 bits per heavy atom. The van der Waals surface area contributed by atoms with E-state index in [9.17, 15) is 5.26 Å². The molecule has 5 rings (SSSR count). The summed E-state index contributed by atoms with van der Waals surface area (Å²) in [7, 11) is 1.69. The minimum Gasteiger partial charge on any atom is -0.489 e. The average molecular weight is 434 g/mol. The van der Waals surface area contributed by atoms with E-state index in [4.69, 9.17) is 22.1 Å². The Bertz CT molecular complexity index is 1390. The van der Waals surface area contributed by atoms with Gasteiger partial charge in [0.1, 0.15) is 23.2 Å². The van der Waals surface area contributed by atoms with Crippen LogP contribution in [0.4, 0.5) is 10.2 Å². The van der Waals surface area contributed by atoms with Crippen LogP contribution in [0.15, 0.2) is 42.6 Å². The standard InChI is InChI=1S/C23H17ClFN5O/c1-30-23(21-15(10-26)19(31-14-5-6-14)9-17(24)22(21)25)16(11-28-30)13-3-2-12-4-7-20(27)29-18(12)8-13/h2-4,7-9,11,14H,5-6H2,1H3,(H2,27,29). The van der Waals surface area contributed by atoms with Gasteiger partial charge in [0.15, 0.2) is 5.82 Å². The van der Waals surface area contributed by atoms with Gasteiger partial charge < -0.3 is 10.5 Å². The Hall–Kier alpha value is -3.63. The summed E-state index contributed by atoms with van der Waals surface area (Å²) in [6, 6.07) is 12.8. The monoisotopic (exact) mass is 433 g/mol. The average Bonchev–Trinajstić information content (AvgIpc) is 3.49. The second kappa shape index (κ2) is 7.25. The molecule has 6 nitrogen and oxygen atoms in total. The van der Waals surface area contributed by atoms with Crippen molar-refractivity contribution in [2.45, 2.75) is 18.9 Å². The molecule has 0 unspecified atom stereocenters. The predicted molar refractivity (Wildman–Crippen MR) is 117 cm³/mol. The van der Waals surface area contributed by atoms with E-state index >= 15 is 4.39 Å². The van der Waals surface area contributed by atoms with E-state index in [-0.39, 0.29) is 28.0 Å². The highest BCUT2D eigenvalue weighted by Gasteiger charge is 2.29. The fourth-order valence-corrected chi connectivity index (χ4v) is 3.83. The molecular formula is C23H17ClFN5O. The van der Waals surface area contributed by atoms with Gasteiger partial charge in [-0.15, -0.1) is 0 Å². The quantitative estimate of drug-likeness (QED) is 0.484. The van der Waals surface area contributed by atoms with Crippen molar-refractivity contribution in [2.24, 2.45) is 7.05 Å². The number of fused-ring (bicyclic) bond motifs is 1. The SMILES string of the molecule is Cn1ncc(-c2ccc3ccc(N)nc3c2)c1-c1c(F)c(Cl)cc(OC2CC2)c1C#N. The smallest absolute Gasteiger partial charge is 0.152 e. The van der Waals surface area contributed by atoms with Crippen molar-refractivity contribution in [3.05, 3.63) is 59.0 Å². The molecule has 154 valence electrons. The molecule has 0 amide bonds. The molecule has 1 aliphatic rings. The van der Waals surface area contributed by atoms with Crippen molar-refractivity contribution in [2.75, 3.05) is 5.73 Å². The molecule has 0 spiro atoms. The minimum absolute atomic E-state index is 0.0320. The van der Waals surface area contributed by atoms with Gasteiger partial charge in [0.25, 0.3) is 0 Å². The van der Waals surface area contributed by atoms with Crippen molar-refractivity contribution in [3.63, 3.8) is 0 Å². The molecular weight excluding hydrogens is 417 g/mol. The van der Waals surface area contributed by atoms with Crippen molar-refractivity contribution in [1.82, 2.24) is 14.8 Å². The van der Waals surface area contributed by atoms with Crippen molar-refractivity contribution >= 4 is 28.3 Å². The first-order valence-corrected chi connectivity index (χ1v) is 10.1. The van der Waals surface area contributed by atoms with Crippen LogP contribution < -0.4 is 10.5 Å². The van der Waals surface area contributed by atoms with Gasteiger partial charge in [-0.3, -0.25) is 4.68 Å². The molecule has 0 bridgehead atoms. The third-order valence-electron chi connectivity index (χ3n) is 5.31. The number of benzene rings is 2. The molecule has 31 heavy (non-hydrogen) atoms. The van der Waals surface area contributed by atoms with Gasteiger partial charge in [0.2, 0.25) is 0 Å². The molecule has 0 radical (unpaired) electrons. The number of aromatic nitrogens is 3. The van der Waals surface area contributed by atoms with Crippen molar-refractivity contribution < 1.29 is 9.13 Å². The number of rotatable bonds is 4. The summed E-state index contributed by atoms with van der Waals surface area (Å²) in [5, 5.41) is 15.0. The highest BCUT2D eigenvalue weighted by Crippen LogP contribution is 2.42. The molecule has 0 atom stereocenters. The van der Waals surface area contributed by atoms with Gasteiger partial charge in [0, 0.05) is 24.1 Å². The van der Waals surface area contributed by atoms with Gasteiger partial charge in [0.05, 0.1) is 34.1 Å². The van der Waals surface area contributed by atoms with Crippen LogP contribution in [0.3, 0.4) is 0 Å². The Balaban J connectivity index is 1.74. The van der Waals surface area contributed by atoms with E-state index < -0.39 is 5.82 Å². The van der Waals surface area contributed by atoms with Gasteiger partial charge in [-0.1, -0.05) is 23.7 Å². The van der Waals surface area contributed by atoms with Gasteiger partial charge in [-0.05, 0) is 36.6 Å². The molecule has 0 aliphatic heterocycles. The number of halogens is 2. The number of anilines is 1. The van der Waals surface area contributed by atoms with Crippen LogP contribution in [0.1, 0.15) is 18.4 Å². The maximum Gasteiger partial charge on any atom is 0.152 e. The largest absolute Gasteiger partial charge is 0.489 e. The number of ether oxygens (including phenoxy) is 1. The van der Waals surface area contributed by atoms with E-state index in [1.807, 2.05) is 24.3 Å². The molecule has 2 heterocycles. The Kier molecular flexibility index (Phi) is 4.53. The first-order chi connectivity index (χ1) is 15.0. The van der Waals surface area contributed by atoms with Crippen LogP contribution in [-0.4, -0.2) is 20.9 Å². The van der Waals surface area contributed by atoms with Crippen LogP contribution in [0.2, 0.25) is 5.02 Å². The summed E-state index contributed by atoms with van der Waals surface area (Å²) in [5.41, 5.74) is 8.55. The third kappa shape index (κ3) is 3.35. The van der Waals surface area contributed by atoms with Crippen LogP contribution in [0.5, 0.6) is 5.75 Å². The first-order valence-electron chi connectivity index (χ1n) is 9.74. The lowest BCUT2D eigenvalue weighted by Crippen LogP contribution is -2.04. The third-order valence-corrected chi connectivity index (χ3v) is 5.59. The molecule has 8 heteroatoms. The van der Waals surface area contributed by atoms with E-state index in [1.54, 1.807) is 19.3 Å². The minimum atomic E-state index is -0.686. The highest BCUT2D eigenvalue weighted by molar-refractivity contribution is 6.31. The summed E-state index contributed by atoms with van der Waals surface area (Å²) in [4.78, 5) is 4.37. The zero-order valence-corrected chi connectivity index (χ0v) is 17.3. The Morgan fingerprint density at radius 1 is 1.26 bits per heavy atom. The van der Waals surface area contributed by atoms with E-state index in [0.29, 0.717) is 22.6 Å². The van der Waals surface area contributed by atoms with Crippen molar-refractivity contribution in [1.29, 1.82) is 5.26 Å². The highest BCUT2D eigenvalue weighted by atomic mass is 35.5. The zero-order valence-electron chi connectivity index (χ0n) is 16.6. The summed E-state index contributed by atoms with van der Waals surface area (Å²) in [6.45, 7) is 0.